The van der Waals surface area contributed by atoms with Gasteiger partial charge in [-0.05, 0) is 39.5 Å². The Kier molecular flexibility index (Phi) is 5.79. The first-order valence-corrected chi connectivity index (χ1v) is 7.06. The maximum absolute atomic E-state index is 12.4. The second kappa shape index (κ2) is 6.89. The molecular formula is C14H26N2O3. The van der Waals surface area contributed by atoms with Crippen LogP contribution in [0.4, 0.5) is 0 Å². The average Bonchev–Trinajstić information content (AvgIpc) is 2.34. The molecule has 1 heterocycles. The Morgan fingerprint density at radius 3 is 2.53 bits per heavy atom. The number of carbonyl (C=O) groups excluding carboxylic acids is 2. The smallest absolute Gasteiger partial charge is 0.248 e. The lowest BCUT2D eigenvalue weighted by Crippen LogP contribution is -2.68. The molecule has 0 bridgehead atoms. The van der Waals surface area contributed by atoms with Gasteiger partial charge in [0.25, 0.3) is 0 Å². The molecular weight excluding hydrogens is 244 g/mol. The zero-order valence-corrected chi connectivity index (χ0v) is 12.5. The number of unbranched alkanes of at least 4 members (excludes halogenated alkanes) is 2. The number of carbonyl (C=O) groups is 2. The lowest BCUT2D eigenvalue weighted by Gasteiger charge is -2.42. The first-order chi connectivity index (χ1) is 8.94. The van der Waals surface area contributed by atoms with Gasteiger partial charge in [-0.25, -0.2) is 0 Å². The highest BCUT2D eigenvalue weighted by molar-refractivity contribution is 5.99. The van der Waals surface area contributed by atoms with Crippen molar-refractivity contribution < 1.29 is 14.3 Å². The maximum Gasteiger partial charge on any atom is 0.248 e. The van der Waals surface area contributed by atoms with E-state index >= 15 is 0 Å². The van der Waals surface area contributed by atoms with E-state index in [1.807, 2.05) is 6.92 Å². The number of nitrogens with zero attached hydrogens (tertiary/aromatic N) is 1. The van der Waals surface area contributed by atoms with Crippen LogP contribution in [-0.2, 0) is 14.3 Å². The molecule has 0 saturated carbocycles. The van der Waals surface area contributed by atoms with E-state index in [-0.39, 0.29) is 17.9 Å². The van der Waals surface area contributed by atoms with E-state index < -0.39 is 5.54 Å². The molecule has 19 heavy (non-hydrogen) atoms. The van der Waals surface area contributed by atoms with Gasteiger partial charge >= 0.3 is 0 Å². The van der Waals surface area contributed by atoms with Gasteiger partial charge in [0, 0.05) is 20.3 Å². The van der Waals surface area contributed by atoms with Gasteiger partial charge in [-0.2, -0.15) is 0 Å². The van der Waals surface area contributed by atoms with Crippen molar-refractivity contribution in [2.45, 2.75) is 58.0 Å². The Hall–Kier alpha value is -1.10. The average molecular weight is 270 g/mol. The van der Waals surface area contributed by atoms with Gasteiger partial charge < -0.3 is 15.0 Å². The summed E-state index contributed by atoms with van der Waals surface area (Å²) in [5, 5.41) is 2.80. The molecule has 1 saturated heterocycles. The number of piperazine rings is 1. The number of hydrogen-bond donors (Lipinski definition) is 1. The third-order valence-electron chi connectivity index (χ3n) is 3.54. The van der Waals surface area contributed by atoms with E-state index in [1.54, 1.807) is 25.9 Å². The predicted octanol–water partition coefficient (Wildman–Crippen LogP) is 1.32. The second-order valence-corrected chi connectivity index (χ2v) is 5.59. The molecule has 0 radical (unpaired) electrons. The minimum atomic E-state index is -0.782. The Morgan fingerprint density at radius 2 is 1.95 bits per heavy atom. The van der Waals surface area contributed by atoms with Crippen LogP contribution in [0.1, 0.15) is 46.5 Å². The van der Waals surface area contributed by atoms with Gasteiger partial charge in [-0.1, -0.05) is 6.92 Å². The first-order valence-electron chi connectivity index (χ1n) is 7.06. The zero-order valence-electron chi connectivity index (χ0n) is 12.5. The number of methoxy groups -OCH3 is 1. The third kappa shape index (κ3) is 3.93. The second-order valence-electron chi connectivity index (χ2n) is 5.59. The van der Waals surface area contributed by atoms with Crippen molar-refractivity contribution in [3.8, 4) is 0 Å². The SMILES string of the molecule is CCC1C(=O)NC(C)(C)C(=O)N1CCCCCOC. The third-order valence-corrected chi connectivity index (χ3v) is 3.54. The fourth-order valence-corrected chi connectivity index (χ4v) is 2.46. The van der Waals surface area contributed by atoms with E-state index in [2.05, 4.69) is 5.32 Å². The summed E-state index contributed by atoms with van der Waals surface area (Å²) in [6.07, 6.45) is 3.57. The minimum absolute atomic E-state index is 0.0192. The van der Waals surface area contributed by atoms with Crippen LogP contribution < -0.4 is 5.32 Å². The van der Waals surface area contributed by atoms with Crippen LogP contribution in [0.5, 0.6) is 0 Å². The number of amides is 2. The van der Waals surface area contributed by atoms with Crippen molar-refractivity contribution in [3.05, 3.63) is 0 Å². The van der Waals surface area contributed by atoms with E-state index in [0.29, 0.717) is 13.0 Å². The van der Waals surface area contributed by atoms with Crippen LogP contribution in [-0.4, -0.2) is 48.6 Å². The summed E-state index contributed by atoms with van der Waals surface area (Å²) in [7, 11) is 1.69. The van der Waals surface area contributed by atoms with Gasteiger partial charge in [0.05, 0.1) is 0 Å². The van der Waals surface area contributed by atoms with Crippen LogP contribution in [0.25, 0.3) is 0 Å². The molecule has 0 aromatic carbocycles. The molecule has 5 heteroatoms. The maximum atomic E-state index is 12.4. The summed E-state index contributed by atoms with van der Waals surface area (Å²) >= 11 is 0. The van der Waals surface area contributed by atoms with Crippen molar-refractivity contribution in [1.29, 1.82) is 0 Å². The van der Waals surface area contributed by atoms with Crippen LogP contribution in [0.2, 0.25) is 0 Å². The lowest BCUT2D eigenvalue weighted by atomic mass is 9.95. The summed E-state index contributed by atoms with van der Waals surface area (Å²) in [5.41, 5.74) is -0.782. The van der Waals surface area contributed by atoms with Crippen molar-refractivity contribution in [2.24, 2.45) is 0 Å². The molecule has 1 rings (SSSR count). The van der Waals surface area contributed by atoms with E-state index in [9.17, 15) is 9.59 Å². The number of ether oxygens (including phenoxy) is 1. The molecule has 1 aliphatic rings. The summed E-state index contributed by atoms with van der Waals surface area (Å²) in [6.45, 7) is 6.86. The quantitative estimate of drug-likeness (QED) is 0.710. The number of nitrogens with one attached hydrogen (secondary N) is 1. The van der Waals surface area contributed by atoms with Gasteiger partial charge in [-0.15, -0.1) is 0 Å². The Labute approximate surface area is 115 Å². The van der Waals surface area contributed by atoms with Gasteiger partial charge in [0.1, 0.15) is 11.6 Å². The molecule has 0 aromatic heterocycles. The molecule has 1 unspecified atom stereocenters. The van der Waals surface area contributed by atoms with E-state index in [1.165, 1.54) is 0 Å². The number of hydrogen-bond acceptors (Lipinski definition) is 3. The molecule has 0 aromatic rings. The van der Waals surface area contributed by atoms with Crippen molar-refractivity contribution >= 4 is 11.8 Å². The molecule has 110 valence electrons. The van der Waals surface area contributed by atoms with Crippen LogP contribution in [0.3, 0.4) is 0 Å². The van der Waals surface area contributed by atoms with Crippen molar-refractivity contribution in [2.75, 3.05) is 20.3 Å². The molecule has 1 fully saturated rings. The predicted molar refractivity (Wildman–Crippen MR) is 73.7 cm³/mol. The van der Waals surface area contributed by atoms with Crippen molar-refractivity contribution in [1.82, 2.24) is 10.2 Å². The fraction of sp³-hybridized carbons (Fsp3) is 0.857. The molecule has 5 nitrogen and oxygen atoms in total. The minimum Gasteiger partial charge on any atom is -0.385 e. The Balaban J connectivity index is 2.59. The van der Waals surface area contributed by atoms with Crippen LogP contribution >= 0.6 is 0 Å². The van der Waals surface area contributed by atoms with E-state index in [4.69, 9.17) is 4.74 Å². The number of rotatable bonds is 7. The monoisotopic (exact) mass is 270 g/mol. The molecule has 0 spiro atoms. The largest absolute Gasteiger partial charge is 0.385 e. The lowest BCUT2D eigenvalue weighted by molar-refractivity contribution is -0.153. The summed E-state index contributed by atoms with van der Waals surface area (Å²) in [4.78, 5) is 26.1. The Morgan fingerprint density at radius 1 is 1.26 bits per heavy atom. The summed E-state index contributed by atoms with van der Waals surface area (Å²) in [6, 6.07) is -0.317. The standard InChI is InChI=1S/C14H26N2O3/c1-5-11-12(17)15-14(2,3)13(18)16(11)9-7-6-8-10-19-4/h11H,5-10H2,1-4H3,(H,15,17). The molecule has 1 aliphatic heterocycles. The van der Waals surface area contributed by atoms with Crippen LogP contribution in [0, 0.1) is 0 Å². The molecule has 0 aliphatic carbocycles. The molecule has 2 amide bonds. The topological polar surface area (TPSA) is 58.6 Å². The highest BCUT2D eigenvalue weighted by Gasteiger charge is 2.43. The highest BCUT2D eigenvalue weighted by Crippen LogP contribution is 2.20. The highest BCUT2D eigenvalue weighted by atomic mass is 16.5. The van der Waals surface area contributed by atoms with E-state index in [0.717, 1.165) is 25.9 Å². The molecule has 1 atom stereocenters. The normalized spacial score (nSPS) is 22.5. The van der Waals surface area contributed by atoms with Gasteiger partial charge in [0.2, 0.25) is 11.8 Å². The summed E-state index contributed by atoms with van der Waals surface area (Å²) in [5.74, 6) is -0.0188. The van der Waals surface area contributed by atoms with Gasteiger partial charge in [-0.3, -0.25) is 9.59 Å². The summed E-state index contributed by atoms with van der Waals surface area (Å²) < 4.78 is 5.00. The fourth-order valence-electron chi connectivity index (χ4n) is 2.46. The van der Waals surface area contributed by atoms with Crippen molar-refractivity contribution in [3.63, 3.8) is 0 Å². The zero-order chi connectivity index (χ0) is 14.5. The van der Waals surface area contributed by atoms with Gasteiger partial charge in [0.15, 0.2) is 0 Å². The molecule has 1 N–H and O–H groups in total. The first kappa shape index (κ1) is 16.0. The Bertz CT molecular complexity index is 329. The van der Waals surface area contributed by atoms with Crippen LogP contribution in [0.15, 0.2) is 0 Å².